The van der Waals surface area contributed by atoms with Gasteiger partial charge < -0.3 is 20.1 Å². The molecule has 0 saturated carbocycles. The zero-order chi connectivity index (χ0) is 18.2. The summed E-state index contributed by atoms with van der Waals surface area (Å²) in [5.74, 6) is -0.763. The van der Waals surface area contributed by atoms with Gasteiger partial charge in [0.15, 0.2) is 11.5 Å². The molecule has 2 aromatic carbocycles. The molecule has 3 rings (SSSR count). The summed E-state index contributed by atoms with van der Waals surface area (Å²) in [6, 6.07) is 10.6. The lowest BCUT2D eigenvalue weighted by Gasteiger charge is -2.38. The van der Waals surface area contributed by atoms with Crippen LogP contribution in [-0.4, -0.2) is 35.7 Å². The van der Waals surface area contributed by atoms with Crippen molar-refractivity contribution < 1.29 is 27.8 Å². The van der Waals surface area contributed by atoms with E-state index in [0.717, 1.165) is 0 Å². The Morgan fingerprint density at radius 1 is 1.24 bits per heavy atom. The number of methoxy groups -OCH3 is 1. The molecule has 2 aromatic rings. The molecule has 0 bridgehead atoms. The van der Waals surface area contributed by atoms with Crippen LogP contribution in [0, 0.1) is 0 Å². The van der Waals surface area contributed by atoms with Gasteiger partial charge in [0.2, 0.25) is 0 Å². The highest BCUT2D eigenvalue weighted by molar-refractivity contribution is 6.01. The molecule has 25 heavy (non-hydrogen) atoms. The maximum atomic E-state index is 13.0. The second-order valence-corrected chi connectivity index (χ2v) is 5.57. The highest BCUT2D eigenvalue weighted by Crippen LogP contribution is 2.37. The third-order valence-corrected chi connectivity index (χ3v) is 3.89. The molecule has 1 amide bonds. The Balaban J connectivity index is 2.05. The van der Waals surface area contributed by atoms with E-state index in [1.54, 1.807) is 18.2 Å². The fourth-order valence-electron chi connectivity index (χ4n) is 2.79. The number of ether oxygens (including phenoxy) is 1. The Labute approximate surface area is 141 Å². The number of rotatable bonds is 3. The van der Waals surface area contributed by atoms with E-state index >= 15 is 0 Å². The van der Waals surface area contributed by atoms with Crippen molar-refractivity contribution in [3.05, 3.63) is 53.6 Å². The van der Waals surface area contributed by atoms with E-state index in [1.807, 2.05) is 0 Å². The number of phenols is 1. The molecule has 2 N–H and O–H groups in total. The molecule has 0 unspecified atom stereocenters. The standard InChI is InChI=1S/C17H15F3N2O3/c1-25-14-7-6-10(8-13(14)23)15-21-12-5-3-2-4-11(12)16(24)22(15)9-17(18,19)20/h2-8,15,21,23H,9H2,1H3/t15-/m1/s1. The van der Waals surface area contributed by atoms with Gasteiger partial charge in [-0.25, -0.2) is 0 Å². The monoisotopic (exact) mass is 352 g/mol. The van der Waals surface area contributed by atoms with Gasteiger partial charge in [0, 0.05) is 5.69 Å². The number of para-hydroxylation sites is 1. The maximum Gasteiger partial charge on any atom is 0.406 e. The second-order valence-electron chi connectivity index (χ2n) is 5.57. The Morgan fingerprint density at radius 3 is 2.60 bits per heavy atom. The number of benzene rings is 2. The second kappa shape index (κ2) is 6.19. The number of anilines is 1. The lowest BCUT2D eigenvalue weighted by molar-refractivity contribution is -0.144. The van der Waals surface area contributed by atoms with Crippen LogP contribution in [0.1, 0.15) is 22.1 Å². The number of aromatic hydroxyl groups is 1. The summed E-state index contributed by atoms with van der Waals surface area (Å²) >= 11 is 0. The van der Waals surface area contributed by atoms with Crippen LogP contribution in [0.5, 0.6) is 11.5 Å². The third kappa shape index (κ3) is 3.33. The number of hydrogen-bond donors (Lipinski definition) is 2. The topological polar surface area (TPSA) is 61.8 Å². The van der Waals surface area contributed by atoms with Gasteiger partial charge in [-0.3, -0.25) is 4.79 Å². The summed E-state index contributed by atoms with van der Waals surface area (Å²) in [5, 5.41) is 12.9. The van der Waals surface area contributed by atoms with Crippen molar-refractivity contribution in [1.82, 2.24) is 4.90 Å². The average Bonchev–Trinajstić information content (AvgIpc) is 2.56. The fraction of sp³-hybridized carbons (Fsp3) is 0.235. The predicted molar refractivity (Wildman–Crippen MR) is 84.6 cm³/mol. The smallest absolute Gasteiger partial charge is 0.406 e. The van der Waals surface area contributed by atoms with Crippen molar-refractivity contribution in [2.75, 3.05) is 19.0 Å². The Bertz CT molecular complexity index is 808. The van der Waals surface area contributed by atoms with Crippen LogP contribution in [0.3, 0.4) is 0 Å². The van der Waals surface area contributed by atoms with Crippen LogP contribution >= 0.6 is 0 Å². The highest BCUT2D eigenvalue weighted by Gasteiger charge is 2.40. The first-order chi connectivity index (χ1) is 11.8. The summed E-state index contributed by atoms with van der Waals surface area (Å²) in [6.07, 6.45) is -5.63. The van der Waals surface area contributed by atoms with Crippen molar-refractivity contribution in [2.45, 2.75) is 12.3 Å². The lowest BCUT2D eigenvalue weighted by atomic mass is 10.0. The number of halogens is 3. The first kappa shape index (κ1) is 16.9. The van der Waals surface area contributed by atoms with Crippen LogP contribution < -0.4 is 10.1 Å². The lowest BCUT2D eigenvalue weighted by Crippen LogP contribution is -2.47. The largest absolute Gasteiger partial charge is 0.504 e. The van der Waals surface area contributed by atoms with E-state index in [2.05, 4.69) is 5.32 Å². The molecule has 5 nitrogen and oxygen atoms in total. The number of fused-ring (bicyclic) bond motifs is 1. The molecule has 0 spiro atoms. The molecule has 1 aliphatic rings. The fourth-order valence-corrected chi connectivity index (χ4v) is 2.79. The Hall–Kier alpha value is -2.90. The molecule has 1 atom stereocenters. The molecule has 1 heterocycles. The quantitative estimate of drug-likeness (QED) is 0.887. The van der Waals surface area contributed by atoms with Crippen molar-refractivity contribution in [1.29, 1.82) is 0 Å². The molecule has 132 valence electrons. The molecular weight excluding hydrogens is 337 g/mol. The summed E-state index contributed by atoms with van der Waals surface area (Å²) in [4.78, 5) is 13.3. The van der Waals surface area contributed by atoms with E-state index in [0.29, 0.717) is 16.2 Å². The molecule has 0 radical (unpaired) electrons. The van der Waals surface area contributed by atoms with Crippen molar-refractivity contribution in [2.24, 2.45) is 0 Å². The SMILES string of the molecule is COc1ccc([C@@H]2Nc3ccccc3C(=O)N2CC(F)(F)F)cc1O. The molecule has 0 saturated heterocycles. The van der Waals surface area contributed by atoms with Gasteiger partial charge in [-0.15, -0.1) is 0 Å². The minimum atomic E-state index is -4.56. The van der Waals surface area contributed by atoms with E-state index in [4.69, 9.17) is 4.74 Å². The van der Waals surface area contributed by atoms with Crippen molar-refractivity contribution >= 4 is 11.6 Å². The van der Waals surface area contributed by atoms with Gasteiger partial charge in [0.05, 0.1) is 12.7 Å². The summed E-state index contributed by atoms with van der Waals surface area (Å²) in [7, 11) is 1.36. The van der Waals surface area contributed by atoms with Crippen molar-refractivity contribution in [3.8, 4) is 11.5 Å². The number of nitrogens with zero attached hydrogens (tertiary/aromatic N) is 1. The van der Waals surface area contributed by atoms with Gasteiger partial charge in [0.25, 0.3) is 5.91 Å². The molecule has 8 heteroatoms. The molecule has 0 aliphatic carbocycles. The maximum absolute atomic E-state index is 13.0. The van der Waals surface area contributed by atoms with Crippen LogP contribution in [0.25, 0.3) is 0 Å². The van der Waals surface area contributed by atoms with Crippen LogP contribution in [0.15, 0.2) is 42.5 Å². The van der Waals surface area contributed by atoms with E-state index in [1.165, 1.54) is 31.4 Å². The number of hydrogen-bond acceptors (Lipinski definition) is 4. The van der Waals surface area contributed by atoms with Crippen molar-refractivity contribution in [3.63, 3.8) is 0 Å². The molecule has 0 aromatic heterocycles. The van der Waals surface area contributed by atoms with E-state index in [9.17, 15) is 23.1 Å². The van der Waals surface area contributed by atoms with Crippen LogP contribution in [0.2, 0.25) is 0 Å². The van der Waals surface area contributed by atoms with Gasteiger partial charge in [-0.2, -0.15) is 13.2 Å². The first-order valence-corrected chi connectivity index (χ1v) is 7.40. The van der Waals surface area contributed by atoms with Crippen LogP contribution in [-0.2, 0) is 0 Å². The first-order valence-electron chi connectivity index (χ1n) is 7.40. The Morgan fingerprint density at radius 2 is 1.96 bits per heavy atom. The number of carbonyl (C=O) groups is 1. The normalized spacial score (nSPS) is 17.0. The molecule has 0 fully saturated rings. The number of nitrogens with one attached hydrogen (secondary N) is 1. The number of phenolic OH excluding ortho intramolecular Hbond substituents is 1. The zero-order valence-electron chi connectivity index (χ0n) is 13.2. The third-order valence-electron chi connectivity index (χ3n) is 3.89. The summed E-state index contributed by atoms with van der Waals surface area (Å²) in [5.41, 5.74) is 0.914. The number of alkyl halides is 3. The minimum Gasteiger partial charge on any atom is -0.504 e. The summed E-state index contributed by atoms with van der Waals surface area (Å²) < 4.78 is 43.9. The molecule has 1 aliphatic heterocycles. The van der Waals surface area contributed by atoms with Gasteiger partial charge in [0.1, 0.15) is 12.7 Å². The predicted octanol–water partition coefficient (Wildman–Crippen LogP) is 3.53. The van der Waals surface area contributed by atoms with Crippen LogP contribution in [0.4, 0.5) is 18.9 Å². The van der Waals surface area contributed by atoms with Gasteiger partial charge >= 0.3 is 6.18 Å². The number of carbonyl (C=O) groups excluding carboxylic acids is 1. The molecular formula is C17H15F3N2O3. The Kier molecular flexibility index (Phi) is 4.20. The highest BCUT2D eigenvalue weighted by atomic mass is 19.4. The van der Waals surface area contributed by atoms with E-state index < -0.39 is 24.8 Å². The van der Waals surface area contributed by atoms with Gasteiger partial charge in [-0.05, 0) is 29.8 Å². The zero-order valence-corrected chi connectivity index (χ0v) is 13.2. The summed E-state index contributed by atoms with van der Waals surface area (Å²) in [6.45, 7) is -1.41. The van der Waals surface area contributed by atoms with Gasteiger partial charge in [-0.1, -0.05) is 18.2 Å². The van der Waals surface area contributed by atoms with E-state index in [-0.39, 0.29) is 17.1 Å². The number of amides is 1. The average molecular weight is 352 g/mol. The minimum absolute atomic E-state index is 0.167.